The van der Waals surface area contributed by atoms with Crippen molar-refractivity contribution in [1.82, 2.24) is 19.4 Å². The molecule has 0 saturated carbocycles. The Hall–Kier alpha value is -3.09. The van der Waals surface area contributed by atoms with Crippen LogP contribution in [-0.4, -0.2) is 45.5 Å². The van der Waals surface area contributed by atoms with Gasteiger partial charge in [-0.05, 0) is 37.1 Å². The first kappa shape index (κ1) is 20.2. The van der Waals surface area contributed by atoms with Crippen LogP contribution in [0.1, 0.15) is 43.9 Å². The van der Waals surface area contributed by atoms with E-state index in [-0.39, 0.29) is 5.91 Å². The van der Waals surface area contributed by atoms with Crippen molar-refractivity contribution in [2.24, 2.45) is 0 Å². The molecule has 4 rings (SSSR count). The van der Waals surface area contributed by atoms with Crippen molar-refractivity contribution < 1.29 is 13.9 Å². The van der Waals surface area contributed by atoms with Gasteiger partial charge < -0.3 is 18.6 Å². The number of nitrogens with zero attached hydrogens (tertiary/aromatic N) is 4. The fraction of sp³-hybridized carbons (Fsp3) is 0.435. The number of aromatic nitrogens is 3. The van der Waals surface area contributed by atoms with Crippen LogP contribution < -0.4 is 4.74 Å². The van der Waals surface area contributed by atoms with E-state index in [4.69, 9.17) is 9.15 Å². The summed E-state index contributed by atoms with van der Waals surface area (Å²) in [5, 5.41) is 0. The number of ether oxygens (including phenoxy) is 1. The molecule has 0 N–H and O–H groups in total. The van der Waals surface area contributed by atoms with Gasteiger partial charge in [-0.3, -0.25) is 4.79 Å². The number of oxazole rings is 1. The molecule has 1 unspecified atom stereocenters. The second-order valence-corrected chi connectivity index (χ2v) is 7.59. The molecule has 1 aliphatic heterocycles. The maximum Gasteiger partial charge on any atom is 0.223 e. The maximum absolute atomic E-state index is 12.8. The summed E-state index contributed by atoms with van der Waals surface area (Å²) >= 11 is 0. The van der Waals surface area contributed by atoms with Crippen molar-refractivity contribution in [1.29, 1.82) is 0 Å². The van der Waals surface area contributed by atoms with Crippen molar-refractivity contribution in [2.45, 2.75) is 45.1 Å². The minimum absolute atomic E-state index is 0.155. The third kappa shape index (κ3) is 4.40. The van der Waals surface area contributed by atoms with E-state index in [9.17, 15) is 4.79 Å². The van der Waals surface area contributed by atoms with Gasteiger partial charge in [-0.25, -0.2) is 9.97 Å². The summed E-state index contributed by atoms with van der Waals surface area (Å²) in [5.74, 6) is 3.32. The molecule has 0 bridgehead atoms. The zero-order valence-electron chi connectivity index (χ0n) is 17.6. The average Bonchev–Trinajstić information content (AvgIpc) is 3.47. The molecule has 1 saturated heterocycles. The molecule has 0 spiro atoms. The minimum atomic E-state index is 0.155. The Labute approximate surface area is 176 Å². The van der Waals surface area contributed by atoms with E-state index in [0.29, 0.717) is 30.5 Å². The van der Waals surface area contributed by atoms with Gasteiger partial charge in [0.2, 0.25) is 5.91 Å². The molecule has 1 amide bonds. The molecule has 1 atom stereocenters. The molecule has 1 fully saturated rings. The van der Waals surface area contributed by atoms with Gasteiger partial charge in [-0.1, -0.05) is 6.92 Å². The van der Waals surface area contributed by atoms with Crippen LogP contribution in [0.4, 0.5) is 0 Å². The highest BCUT2D eigenvalue weighted by atomic mass is 16.5. The van der Waals surface area contributed by atoms with E-state index in [2.05, 4.69) is 21.5 Å². The smallest absolute Gasteiger partial charge is 0.223 e. The Bertz CT molecular complexity index is 977. The third-order valence-electron chi connectivity index (χ3n) is 5.69. The molecule has 3 heterocycles. The Morgan fingerprint density at radius 3 is 2.87 bits per heavy atom. The van der Waals surface area contributed by atoms with Gasteiger partial charge in [-0.15, -0.1) is 0 Å². The number of hydrogen-bond acceptors (Lipinski definition) is 5. The number of piperidine rings is 1. The highest BCUT2D eigenvalue weighted by Crippen LogP contribution is 2.25. The van der Waals surface area contributed by atoms with Crippen LogP contribution in [0.15, 0.2) is 47.3 Å². The number of hydrogen-bond donors (Lipinski definition) is 0. The van der Waals surface area contributed by atoms with Gasteiger partial charge in [0.15, 0.2) is 11.7 Å². The lowest BCUT2D eigenvalue weighted by Gasteiger charge is -2.34. The van der Waals surface area contributed by atoms with Gasteiger partial charge in [-0.2, -0.15) is 0 Å². The fourth-order valence-electron chi connectivity index (χ4n) is 4.05. The van der Waals surface area contributed by atoms with E-state index in [1.165, 1.54) is 0 Å². The average molecular weight is 409 g/mol. The quantitative estimate of drug-likeness (QED) is 0.593. The van der Waals surface area contributed by atoms with Crippen LogP contribution >= 0.6 is 0 Å². The predicted molar refractivity (Wildman–Crippen MR) is 113 cm³/mol. The molecule has 0 aliphatic carbocycles. The van der Waals surface area contributed by atoms with E-state index < -0.39 is 0 Å². The molecule has 7 nitrogen and oxygen atoms in total. The number of aryl methyl sites for hydroxylation is 2. The lowest BCUT2D eigenvalue weighted by atomic mass is 10.0. The first-order valence-corrected chi connectivity index (χ1v) is 10.6. The van der Waals surface area contributed by atoms with Crippen LogP contribution in [0.5, 0.6) is 5.75 Å². The number of rotatable bonds is 7. The van der Waals surface area contributed by atoms with Crippen molar-refractivity contribution in [3.63, 3.8) is 0 Å². The number of amides is 1. The van der Waals surface area contributed by atoms with Crippen molar-refractivity contribution in [3.05, 3.63) is 54.6 Å². The number of benzene rings is 1. The Morgan fingerprint density at radius 1 is 1.27 bits per heavy atom. The van der Waals surface area contributed by atoms with E-state index in [0.717, 1.165) is 49.5 Å². The fourth-order valence-corrected chi connectivity index (χ4v) is 4.05. The molecule has 3 aromatic rings. The largest absolute Gasteiger partial charge is 0.497 e. The van der Waals surface area contributed by atoms with E-state index in [1.54, 1.807) is 13.3 Å². The van der Waals surface area contributed by atoms with Gasteiger partial charge in [0, 0.05) is 50.3 Å². The molecule has 1 aromatic carbocycles. The SMILES string of the molecule is CCc1nccn1C1CCCN(C(=O)CCc2ncc(-c3ccc(OC)cc3)o2)C1. The van der Waals surface area contributed by atoms with Gasteiger partial charge in [0.1, 0.15) is 11.6 Å². The first-order valence-electron chi connectivity index (χ1n) is 10.6. The molecule has 2 aromatic heterocycles. The second kappa shape index (κ2) is 9.15. The lowest BCUT2D eigenvalue weighted by Crippen LogP contribution is -2.41. The predicted octanol–water partition coefficient (Wildman–Crippen LogP) is 3.91. The van der Waals surface area contributed by atoms with Crippen LogP contribution in [0.2, 0.25) is 0 Å². The summed E-state index contributed by atoms with van der Waals surface area (Å²) in [5.41, 5.74) is 0.937. The van der Waals surface area contributed by atoms with Crippen LogP contribution in [-0.2, 0) is 17.6 Å². The Morgan fingerprint density at radius 2 is 2.10 bits per heavy atom. The van der Waals surface area contributed by atoms with Crippen molar-refractivity contribution in [2.75, 3.05) is 20.2 Å². The third-order valence-corrected chi connectivity index (χ3v) is 5.69. The van der Waals surface area contributed by atoms with Crippen LogP contribution in [0, 0.1) is 0 Å². The summed E-state index contributed by atoms with van der Waals surface area (Å²) < 4.78 is 13.3. The van der Waals surface area contributed by atoms with Gasteiger partial charge >= 0.3 is 0 Å². The van der Waals surface area contributed by atoms with Crippen molar-refractivity contribution in [3.8, 4) is 17.1 Å². The summed E-state index contributed by atoms with van der Waals surface area (Å²) in [6.07, 6.45) is 9.49. The molecule has 30 heavy (non-hydrogen) atoms. The normalized spacial score (nSPS) is 16.6. The highest BCUT2D eigenvalue weighted by Gasteiger charge is 2.25. The first-order chi connectivity index (χ1) is 14.7. The number of likely N-dealkylation sites (tertiary alicyclic amines) is 1. The molecular formula is C23H28N4O3. The second-order valence-electron chi connectivity index (χ2n) is 7.59. The zero-order chi connectivity index (χ0) is 20.9. The summed E-state index contributed by atoms with van der Waals surface area (Å²) in [6.45, 7) is 3.67. The highest BCUT2D eigenvalue weighted by molar-refractivity contribution is 5.76. The van der Waals surface area contributed by atoms with E-state index >= 15 is 0 Å². The molecular weight excluding hydrogens is 380 g/mol. The van der Waals surface area contributed by atoms with Crippen molar-refractivity contribution >= 4 is 5.91 Å². The number of carbonyl (C=O) groups is 1. The van der Waals surface area contributed by atoms with Gasteiger partial charge in [0.25, 0.3) is 0 Å². The minimum Gasteiger partial charge on any atom is -0.497 e. The monoisotopic (exact) mass is 408 g/mol. The van der Waals surface area contributed by atoms with Crippen LogP contribution in [0.25, 0.3) is 11.3 Å². The lowest BCUT2D eigenvalue weighted by molar-refractivity contribution is -0.132. The number of methoxy groups -OCH3 is 1. The van der Waals surface area contributed by atoms with Crippen LogP contribution in [0.3, 0.4) is 0 Å². The zero-order valence-corrected chi connectivity index (χ0v) is 17.6. The van der Waals surface area contributed by atoms with E-state index in [1.807, 2.05) is 41.6 Å². The molecule has 1 aliphatic rings. The standard InChI is InChI=1S/C23H28N4O3/c1-3-21-24-12-14-27(21)18-5-4-13-26(16-18)23(28)11-10-22-25-15-20(30-22)17-6-8-19(29-2)9-7-17/h6-9,12,14-15,18H,3-5,10-11,13,16H2,1-2H3. The topological polar surface area (TPSA) is 73.4 Å². The summed E-state index contributed by atoms with van der Waals surface area (Å²) in [7, 11) is 1.64. The maximum atomic E-state index is 12.8. The Kier molecular flexibility index (Phi) is 6.16. The summed E-state index contributed by atoms with van der Waals surface area (Å²) in [6, 6.07) is 7.95. The summed E-state index contributed by atoms with van der Waals surface area (Å²) in [4.78, 5) is 23.6. The number of imidazole rings is 1. The molecule has 7 heteroatoms. The number of carbonyl (C=O) groups excluding carboxylic acids is 1. The molecule has 0 radical (unpaired) electrons. The molecule has 158 valence electrons. The van der Waals surface area contributed by atoms with Gasteiger partial charge in [0.05, 0.1) is 19.3 Å². The Balaban J connectivity index is 1.33.